The van der Waals surface area contributed by atoms with Crippen molar-refractivity contribution in [2.45, 2.75) is 11.3 Å². The highest BCUT2D eigenvalue weighted by Crippen LogP contribution is 2.17. The highest BCUT2D eigenvalue weighted by Gasteiger charge is 2.25. The van der Waals surface area contributed by atoms with Crippen molar-refractivity contribution in [3.05, 3.63) is 18.5 Å². The van der Waals surface area contributed by atoms with E-state index in [0.717, 1.165) is 13.0 Å². The number of nitrogens with zero attached hydrogens (tertiary/aromatic N) is 2. The summed E-state index contributed by atoms with van der Waals surface area (Å²) in [6.45, 7) is 2.54. The molecule has 2 rings (SSSR count). The van der Waals surface area contributed by atoms with Gasteiger partial charge in [0.15, 0.2) is 0 Å². The molecule has 3 N–H and O–H groups in total. The summed E-state index contributed by atoms with van der Waals surface area (Å²) in [6, 6.07) is 1.45. The van der Waals surface area contributed by atoms with Gasteiger partial charge >= 0.3 is 0 Å². The maximum Gasteiger partial charge on any atom is 0.244 e. The fraction of sp³-hybridized carbons (Fsp3) is 0.500. The molecule has 0 aliphatic carbocycles. The fourth-order valence-electron chi connectivity index (χ4n) is 1.79. The first-order valence-electron chi connectivity index (χ1n) is 5.52. The summed E-state index contributed by atoms with van der Waals surface area (Å²) in [5, 5.41) is 3.17. The highest BCUT2D eigenvalue weighted by molar-refractivity contribution is 7.89. The van der Waals surface area contributed by atoms with Crippen LogP contribution in [-0.2, 0) is 10.0 Å². The molecule has 0 bridgehead atoms. The van der Waals surface area contributed by atoms with Crippen LogP contribution >= 0.6 is 0 Å². The van der Waals surface area contributed by atoms with E-state index >= 15 is 0 Å². The van der Waals surface area contributed by atoms with Gasteiger partial charge in [0.1, 0.15) is 4.90 Å². The summed E-state index contributed by atoms with van der Waals surface area (Å²) in [4.78, 5) is 3.99. The number of nitrogen functional groups attached to an aromatic ring is 1. The number of anilines is 1. The van der Waals surface area contributed by atoms with Crippen molar-refractivity contribution in [2.75, 3.05) is 31.9 Å². The Labute approximate surface area is 101 Å². The maximum absolute atomic E-state index is 12.3. The molecule has 0 saturated carbocycles. The quantitative estimate of drug-likeness (QED) is 0.755. The van der Waals surface area contributed by atoms with E-state index < -0.39 is 10.0 Å². The molecule has 94 valence electrons. The molecule has 0 aromatic carbocycles. The van der Waals surface area contributed by atoms with Gasteiger partial charge in [-0.3, -0.25) is 4.98 Å². The van der Waals surface area contributed by atoms with Crippen molar-refractivity contribution in [3.8, 4) is 0 Å². The van der Waals surface area contributed by atoms with Gasteiger partial charge in [-0.05, 0) is 19.0 Å². The van der Waals surface area contributed by atoms with E-state index in [4.69, 9.17) is 5.73 Å². The summed E-state index contributed by atoms with van der Waals surface area (Å²) < 4.78 is 26.1. The van der Waals surface area contributed by atoms with E-state index in [-0.39, 0.29) is 4.90 Å². The van der Waals surface area contributed by atoms with Crippen LogP contribution in [0.25, 0.3) is 0 Å². The number of aromatic nitrogens is 1. The van der Waals surface area contributed by atoms with Crippen molar-refractivity contribution >= 4 is 15.7 Å². The van der Waals surface area contributed by atoms with Crippen molar-refractivity contribution in [1.29, 1.82) is 0 Å². The second-order valence-corrected chi connectivity index (χ2v) is 5.90. The van der Waals surface area contributed by atoms with E-state index in [0.29, 0.717) is 25.3 Å². The summed E-state index contributed by atoms with van der Waals surface area (Å²) >= 11 is 0. The third-order valence-corrected chi connectivity index (χ3v) is 4.54. The van der Waals surface area contributed by atoms with Crippen molar-refractivity contribution in [1.82, 2.24) is 14.6 Å². The standard InChI is InChI=1S/C10H16N4O2S/c11-9-6-10(8-13-7-9)17(15,16)14-4-1-2-12-3-5-14/h6-8,12H,1-5,11H2. The van der Waals surface area contributed by atoms with Crippen molar-refractivity contribution < 1.29 is 8.42 Å². The van der Waals surface area contributed by atoms with Crippen LogP contribution in [0.5, 0.6) is 0 Å². The molecule has 0 atom stereocenters. The molecule has 0 unspecified atom stereocenters. The molecule has 7 heteroatoms. The molecule has 2 heterocycles. The zero-order valence-electron chi connectivity index (χ0n) is 9.46. The minimum atomic E-state index is -3.46. The topological polar surface area (TPSA) is 88.3 Å². The SMILES string of the molecule is Nc1cncc(S(=O)(=O)N2CCCNCC2)c1. The first-order chi connectivity index (χ1) is 8.10. The maximum atomic E-state index is 12.3. The van der Waals surface area contributed by atoms with E-state index in [2.05, 4.69) is 10.3 Å². The summed E-state index contributed by atoms with van der Waals surface area (Å²) in [5.41, 5.74) is 5.92. The molecular weight excluding hydrogens is 240 g/mol. The number of sulfonamides is 1. The minimum absolute atomic E-state index is 0.166. The van der Waals surface area contributed by atoms with Crippen LogP contribution in [0, 0.1) is 0 Å². The first-order valence-corrected chi connectivity index (χ1v) is 6.96. The predicted molar refractivity (Wildman–Crippen MR) is 64.9 cm³/mol. The summed E-state index contributed by atoms with van der Waals surface area (Å²) in [7, 11) is -3.46. The highest BCUT2D eigenvalue weighted by atomic mass is 32.2. The molecular formula is C10H16N4O2S. The molecule has 1 fully saturated rings. The van der Waals surface area contributed by atoms with Gasteiger partial charge in [0.2, 0.25) is 10.0 Å². The molecule has 0 radical (unpaired) electrons. The van der Waals surface area contributed by atoms with E-state index in [1.807, 2.05) is 0 Å². The molecule has 0 spiro atoms. The van der Waals surface area contributed by atoms with Crippen LogP contribution in [0.2, 0.25) is 0 Å². The Morgan fingerprint density at radius 1 is 1.29 bits per heavy atom. The van der Waals surface area contributed by atoms with Gasteiger partial charge in [-0.1, -0.05) is 0 Å². The second-order valence-electron chi connectivity index (χ2n) is 3.96. The van der Waals surface area contributed by atoms with Crippen LogP contribution < -0.4 is 11.1 Å². The smallest absolute Gasteiger partial charge is 0.244 e. The number of nitrogens with one attached hydrogen (secondary N) is 1. The molecule has 1 aromatic rings. The van der Waals surface area contributed by atoms with Gasteiger partial charge in [-0.2, -0.15) is 4.31 Å². The number of hydrogen-bond acceptors (Lipinski definition) is 5. The zero-order chi connectivity index (χ0) is 12.3. The van der Waals surface area contributed by atoms with Gasteiger partial charge in [-0.15, -0.1) is 0 Å². The first kappa shape index (κ1) is 12.3. The monoisotopic (exact) mass is 256 g/mol. The Morgan fingerprint density at radius 2 is 2.12 bits per heavy atom. The number of nitrogens with two attached hydrogens (primary N) is 1. The average molecular weight is 256 g/mol. The van der Waals surface area contributed by atoms with Crippen LogP contribution in [0.4, 0.5) is 5.69 Å². The Hall–Kier alpha value is -1.18. The molecule has 1 aromatic heterocycles. The van der Waals surface area contributed by atoms with Gasteiger partial charge in [0.05, 0.1) is 5.69 Å². The lowest BCUT2D eigenvalue weighted by molar-refractivity contribution is 0.432. The van der Waals surface area contributed by atoms with Crippen LogP contribution in [-0.4, -0.2) is 43.9 Å². The molecule has 0 amide bonds. The number of pyridine rings is 1. The Balaban J connectivity index is 2.28. The third-order valence-electron chi connectivity index (χ3n) is 2.67. The summed E-state index contributed by atoms with van der Waals surface area (Å²) in [6.07, 6.45) is 3.59. The fourth-order valence-corrected chi connectivity index (χ4v) is 3.27. The third kappa shape index (κ3) is 2.74. The lowest BCUT2D eigenvalue weighted by Gasteiger charge is -2.19. The van der Waals surface area contributed by atoms with Crippen molar-refractivity contribution in [2.24, 2.45) is 0 Å². The Morgan fingerprint density at radius 3 is 2.88 bits per heavy atom. The van der Waals surface area contributed by atoms with Gasteiger partial charge in [0.25, 0.3) is 0 Å². The normalized spacial score (nSPS) is 18.8. The second kappa shape index (κ2) is 4.99. The van der Waals surface area contributed by atoms with Crippen LogP contribution in [0.15, 0.2) is 23.4 Å². The van der Waals surface area contributed by atoms with Gasteiger partial charge in [-0.25, -0.2) is 8.42 Å². The van der Waals surface area contributed by atoms with Crippen LogP contribution in [0.1, 0.15) is 6.42 Å². The van der Waals surface area contributed by atoms with E-state index in [1.165, 1.54) is 22.8 Å². The van der Waals surface area contributed by atoms with E-state index in [9.17, 15) is 8.42 Å². The molecule has 1 aliphatic heterocycles. The minimum Gasteiger partial charge on any atom is -0.397 e. The van der Waals surface area contributed by atoms with E-state index in [1.54, 1.807) is 0 Å². The summed E-state index contributed by atoms with van der Waals surface area (Å²) in [5.74, 6) is 0. The number of rotatable bonds is 2. The largest absolute Gasteiger partial charge is 0.397 e. The Bertz CT molecular complexity index is 481. The van der Waals surface area contributed by atoms with Gasteiger partial charge < -0.3 is 11.1 Å². The molecule has 17 heavy (non-hydrogen) atoms. The van der Waals surface area contributed by atoms with Gasteiger partial charge in [0, 0.05) is 32.0 Å². The van der Waals surface area contributed by atoms with Crippen molar-refractivity contribution in [3.63, 3.8) is 0 Å². The molecule has 6 nitrogen and oxygen atoms in total. The van der Waals surface area contributed by atoms with Crippen LogP contribution in [0.3, 0.4) is 0 Å². The Kier molecular flexibility index (Phi) is 3.60. The lowest BCUT2D eigenvalue weighted by Crippen LogP contribution is -2.34. The number of hydrogen-bond donors (Lipinski definition) is 2. The molecule has 1 aliphatic rings. The zero-order valence-corrected chi connectivity index (χ0v) is 10.3. The average Bonchev–Trinajstić information content (AvgIpc) is 2.58. The molecule has 1 saturated heterocycles. The lowest BCUT2D eigenvalue weighted by atomic mass is 10.4. The predicted octanol–water partition coefficient (Wildman–Crippen LogP) is -0.352.